The topological polar surface area (TPSA) is 109 Å². The maximum Gasteiger partial charge on any atom is 0.490 e. The van der Waals surface area contributed by atoms with E-state index < -0.39 is 12.1 Å². The molecule has 3 aromatic rings. The van der Waals surface area contributed by atoms with Crippen molar-refractivity contribution in [2.45, 2.75) is 45.5 Å². The van der Waals surface area contributed by atoms with Crippen molar-refractivity contribution in [1.29, 1.82) is 0 Å². The number of nitrogens with one attached hydrogen (secondary N) is 2. The van der Waals surface area contributed by atoms with Gasteiger partial charge in [0, 0.05) is 12.2 Å². The Morgan fingerprint density at radius 1 is 1.32 bits per heavy atom. The number of hydrogen-bond acceptors (Lipinski definition) is 5. The van der Waals surface area contributed by atoms with Crippen LogP contribution < -0.4 is 5.32 Å². The summed E-state index contributed by atoms with van der Waals surface area (Å²) < 4.78 is 33.5. The van der Waals surface area contributed by atoms with Crippen molar-refractivity contribution in [3.05, 3.63) is 60.2 Å². The second-order valence-corrected chi connectivity index (χ2v) is 8.05. The van der Waals surface area contributed by atoms with Crippen LogP contribution in [0.2, 0.25) is 0 Å². The van der Waals surface area contributed by atoms with Crippen molar-refractivity contribution in [1.82, 2.24) is 30.0 Å². The zero-order valence-corrected chi connectivity index (χ0v) is 17.0. The number of carboxylic acids is 1. The number of carbonyl (C=O) groups is 1. The minimum atomic E-state index is -5.08. The highest BCUT2D eigenvalue weighted by Crippen LogP contribution is 2.39. The minimum absolute atomic E-state index is 0.286. The molecule has 0 radical (unpaired) electrons. The van der Waals surface area contributed by atoms with E-state index in [1.54, 1.807) is 17.3 Å². The molecule has 1 aromatic carbocycles. The number of H-pyrrole nitrogens is 1. The van der Waals surface area contributed by atoms with Crippen molar-refractivity contribution in [3.63, 3.8) is 0 Å². The molecule has 3 N–H and O–H groups in total. The summed E-state index contributed by atoms with van der Waals surface area (Å²) in [6, 6.07) is 8.69. The predicted molar refractivity (Wildman–Crippen MR) is 105 cm³/mol. The number of nitrogens with zero attached hydrogens (tertiary/aromatic N) is 4. The highest BCUT2D eigenvalue weighted by atomic mass is 19.4. The number of carboxylic acid groups (broad SMARTS) is 1. The first kappa shape index (κ1) is 22.5. The molecule has 31 heavy (non-hydrogen) atoms. The van der Waals surface area contributed by atoms with E-state index >= 15 is 0 Å². The van der Waals surface area contributed by atoms with Gasteiger partial charge in [-0.05, 0) is 36.0 Å². The van der Waals surface area contributed by atoms with Crippen LogP contribution in [-0.2, 0) is 17.8 Å². The van der Waals surface area contributed by atoms with Gasteiger partial charge in [-0.3, -0.25) is 0 Å². The first-order chi connectivity index (χ1) is 14.5. The van der Waals surface area contributed by atoms with Crippen LogP contribution in [0.15, 0.2) is 43.2 Å². The lowest BCUT2D eigenvalue weighted by Gasteiger charge is -2.34. The third-order valence-corrected chi connectivity index (χ3v) is 4.91. The van der Waals surface area contributed by atoms with Gasteiger partial charge in [0.1, 0.15) is 12.7 Å². The number of aliphatic carboxylic acids is 1. The molecule has 1 atom stereocenters. The fourth-order valence-corrected chi connectivity index (χ4v) is 3.49. The lowest BCUT2D eigenvalue weighted by atomic mass is 9.75. The van der Waals surface area contributed by atoms with Crippen molar-refractivity contribution in [3.8, 4) is 5.69 Å². The SMILES string of the molecule is CC1(C)Cc2[nH]cnc2C(NCc2ccc(-n3cncn3)cc2)C1.O=C(O)C(F)(F)F. The Morgan fingerprint density at radius 3 is 2.58 bits per heavy atom. The second kappa shape index (κ2) is 8.88. The highest BCUT2D eigenvalue weighted by molar-refractivity contribution is 5.73. The number of benzene rings is 1. The molecule has 2 aromatic heterocycles. The predicted octanol–water partition coefficient (Wildman–Crippen LogP) is 3.43. The molecule has 0 amide bonds. The summed E-state index contributed by atoms with van der Waals surface area (Å²) in [5, 5.41) is 14.9. The Kier molecular flexibility index (Phi) is 6.44. The normalized spacial score (nSPS) is 17.4. The lowest BCUT2D eigenvalue weighted by Crippen LogP contribution is -2.33. The number of fused-ring (bicyclic) bond motifs is 1. The summed E-state index contributed by atoms with van der Waals surface area (Å²) in [7, 11) is 0. The number of imidazole rings is 1. The molecule has 166 valence electrons. The van der Waals surface area contributed by atoms with Gasteiger partial charge in [0.15, 0.2) is 0 Å². The molecule has 0 aliphatic heterocycles. The Balaban J connectivity index is 0.000000339. The van der Waals surface area contributed by atoms with Crippen LogP contribution in [0, 0.1) is 5.41 Å². The van der Waals surface area contributed by atoms with Crippen LogP contribution in [0.4, 0.5) is 13.2 Å². The van der Waals surface area contributed by atoms with Crippen LogP contribution in [0.25, 0.3) is 5.69 Å². The molecule has 0 saturated heterocycles. The second-order valence-electron chi connectivity index (χ2n) is 8.05. The van der Waals surface area contributed by atoms with E-state index in [-0.39, 0.29) is 5.41 Å². The molecular weight excluding hydrogens is 413 g/mol. The van der Waals surface area contributed by atoms with Gasteiger partial charge >= 0.3 is 12.1 Å². The zero-order chi connectivity index (χ0) is 22.6. The number of rotatable bonds is 4. The smallest absolute Gasteiger partial charge is 0.475 e. The summed E-state index contributed by atoms with van der Waals surface area (Å²) in [5.74, 6) is -2.76. The van der Waals surface area contributed by atoms with E-state index in [0.29, 0.717) is 6.04 Å². The maximum atomic E-state index is 10.6. The van der Waals surface area contributed by atoms with Crippen LogP contribution in [-0.4, -0.2) is 42.0 Å². The molecule has 0 saturated carbocycles. The highest BCUT2D eigenvalue weighted by Gasteiger charge is 2.38. The summed E-state index contributed by atoms with van der Waals surface area (Å²) in [4.78, 5) is 20.7. The van der Waals surface area contributed by atoms with Gasteiger partial charge in [0.2, 0.25) is 0 Å². The molecule has 8 nitrogen and oxygen atoms in total. The van der Waals surface area contributed by atoms with E-state index in [1.807, 2.05) is 6.33 Å². The molecule has 2 heterocycles. The third kappa shape index (κ3) is 5.91. The van der Waals surface area contributed by atoms with E-state index in [1.165, 1.54) is 17.0 Å². The van der Waals surface area contributed by atoms with Gasteiger partial charge in [-0.25, -0.2) is 19.4 Å². The zero-order valence-electron chi connectivity index (χ0n) is 17.0. The van der Waals surface area contributed by atoms with Crippen LogP contribution in [0.1, 0.15) is 43.3 Å². The first-order valence-electron chi connectivity index (χ1n) is 9.55. The maximum absolute atomic E-state index is 10.6. The van der Waals surface area contributed by atoms with Gasteiger partial charge in [-0.15, -0.1) is 0 Å². The van der Waals surface area contributed by atoms with Gasteiger partial charge in [-0.2, -0.15) is 18.3 Å². The number of halogens is 3. The molecule has 4 rings (SSSR count). The Bertz CT molecular complexity index is 997. The van der Waals surface area contributed by atoms with Gasteiger partial charge < -0.3 is 15.4 Å². The van der Waals surface area contributed by atoms with Crippen molar-refractivity contribution in [2.75, 3.05) is 0 Å². The van der Waals surface area contributed by atoms with Gasteiger partial charge in [-0.1, -0.05) is 26.0 Å². The average molecular weight is 436 g/mol. The number of aromatic nitrogens is 5. The fraction of sp³-hybridized carbons (Fsp3) is 0.400. The fourth-order valence-electron chi connectivity index (χ4n) is 3.49. The average Bonchev–Trinajstić information content (AvgIpc) is 3.37. The number of alkyl halides is 3. The summed E-state index contributed by atoms with van der Waals surface area (Å²) in [6.45, 7) is 5.46. The van der Waals surface area contributed by atoms with E-state index in [4.69, 9.17) is 9.90 Å². The van der Waals surface area contributed by atoms with Crippen molar-refractivity contribution in [2.24, 2.45) is 5.41 Å². The molecule has 1 unspecified atom stereocenters. The van der Waals surface area contributed by atoms with Gasteiger partial charge in [0.25, 0.3) is 0 Å². The third-order valence-electron chi connectivity index (χ3n) is 4.91. The lowest BCUT2D eigenvalue weighted by molar-refractivity contribution is -0.192. The summed E-state index contributed by atoms with van der Waals surface area (Å²) in [6.07, 6.45) is 2.14. The van der Waals surface area contributed by atoms with Crippen molar-refractivity contribution >= 4 is 5.97 Å². The molecular formula is C20H23F3N6O2. The number of aromatic amines is 1. The van der Waals surface area contributed by atoms with E-state index in [2.05, 4.69) is 63.5 Å². The van der Waals surface area contributed by atoms with Crippen LogP contribution in [0.5, 0.6) is 0 Å². The van der Waals surface area contributed by atoms with Crippen LogP contribution in [0.3, 0.4) is 0 Å². The molecule has 1 aliphatic rings. The standard InChI is InChI=1S/C18H22N6.C2HF3O2/c1-18(2)7-15(17-16(8-18)21-11-22-17)20-9-13-3-5-14(6-4-13)24-12-19-10-23-24;3-2(4,5)1(6)7/h3-6,10-12,15,20H,7-9H2,1-2H3,(H,21,22);(H,6,7). The summed E-state index contributed by atoms with van der Waals surface area (Å²) >= 11 is 0. The quantitative estimate of drug-likeness (QED) is 0.578. The van der Waals surface area contributed by atoms with Crippen molar-refractivity contribution < 1.29 is 23.1 Å². The van der Waals surface area contributed by atoms with E-state index in [0.717, 1.165) is 25.1 Å². The summed E-state index contributed by atoms with van der Waals surface area (Å²) in [5.41, 5.74) is 5.00. The monoisotopic (exact) mass is 436 g/mol. The molecule has 11 heteroatoms. The first-order valence-corrected chi connectivity index (χ1v) is 9.55. The van der Waals surface area contributed by atoms with Crippen LogP contribution >= 0.6 is 0 Å². The molecule has 1 aliphatic carbocycles. The number of hydrogen-bond donors (Lipinski definition) is 3. The largest absolute Gasteiger partial charge is 0.490 e. The van der Waals surface area contributed by atoms with Gasteiger partial charge in [0.05, 0.1) is 23.8 Å². The van der Waals surface area contributed by atoms with E-state index in [9.17, 15) is 13.2 Å². The molecule has 0 bridgehead atoms. The molecule has 0 spiro atoms. The Labute approximate surface area is 176 Å². The molecule has 0 fully saturated rings. The minimum Gasteiger partial charge on any atom is -0.475 e. The Hall–Kier alpha value is -3.21. The Morgan fingerprint density at radius 2 is 2.00 bits per heavy atom.